The molecule has 6 nitrogen and oxygen atoms in total. The number of hydrogen-bond acceptors (Lipinski definition) is 5. The molecule has 0 aromatic heterocycles. The second-order valence-electron chi connectivity index (χ2n) is 4.30. The van der Waals surface area contributed by atoms with E-state index in [9.17, 15) is 17.8 Å². The molecule has 0 aromatic carbocycles. The van der Waals surface area contributed by atoms with Gasteiger partial charge in [0.25, 0.3) is 0 Å². The Kier molecular flexibility index (Phi) is 13.0. The minimum atomic E-state index is -3.92. The summed E-state index contributed by atoms with van der Waals surface area (Å²) in [5.41, 5.74) is 0. The Morgan fingerprint density at radius 2 is 1.95 bits per heavy atom. The third-order valence-electron chi connectivity index (χ3n) is 1.94. The van der Waals surface area contributed by atoms with Crippen LogP contribution in [0, 0.1) is 0 Å². The maximum absolute atomic E-state index is 10.6. The van der Waals surface area contributed by atoms with Gasteiger partial charge in [-0.25, -0.2) is 13.2 Å². The Morgan fingerprint density at radius 1 is 1.37 bits per heavy atom. The van der Waals surface area contributed by atoms with Gasteiger partial charge < -0.3 is 14.2 Å². The van der Waals surface area contributed by atoms with Crippen LogP contribution in [0.15, 0.2) is 12.7 Å². The number of hydrogen-bond donors (Lipinski definition) is 1. The largest absolute Gasteiger partial charge is 0.748 e. The lowest BCUT2D eigenvalue weighted by Gasteiger charge is -2.06. The highest BCUT2D eigenvalue weighted by Gasteiger charge is 1.96. The van der Waals surface area contributed by atoms with Crippen molar-refractivity contribution in [1.82, 2.24) is 0 Å². The number of nitrogens with one attached hydrogen (secondary N) is 1. The fourth-order valence-corrected chi connectivity index (χ4v) is 1.56. The highest BCUT2D eigenvalue weighted by atomic mass is 32.2. The van der Waals surface area contributed by atoms with Crippen LogP contribution in [0.4, 0.5) is 0 Å². The minimum absolute atomic E-state index is 0.243. The van der Waals surface area contributed by atoms with Gasteiger partial charge in [0.05, 0.1) is 37.4 Å². The average molecular weight is 295 g/mol. The first-order valence-corrected chi connectivity index (χ1v) is 7.82. The maximum atomic E-state index is 10.6. The van der Waals surface area contributed by atoms with Gasteiger partial charge >= 0.3 is 5.97 Å². The lowest BCUT2D eigenvalue weighted by Crippen LogP contribution is -3.05. The fraction of sp³-hybridized carbons (Fsp3) is 0.750. The molecule has 0 saturated carbocycles. The zero-order chi connectivity index (χ0) is 15.3. The maximum Gasteiger partial charge on any atom is 0.330 e. The van der Waals surface area contributed by atoms with Gasteiger partial charge in [0.1, 0.15) is 0 Å². The first-order chi connectivity index (χ1) is 8.72. The number of esters is 1. The van der Waals surface area contributed by atoms with Crippen LogP contribution in [0.25, 0.3) is 0 Å². The van der Waals surface area contributed by atoms with E-state index in [1.807, 2.05) is 0 Å². The van der Waals surface area contributed by atoms with Gasteiger partial charge in [-0.15, -0.1) is 0 Å². The van der Waals surface area contributed by atoms with E-state index >= 15 is 0 Å². The van der Waals surface area contributed by atoms with Crippen LogP contribution >= 0.6 is 0 Å². The minimum Gasteiger partial charge on any atom is -0.748 e. The summed E-state index contributed by atoms with van der Waals surface area (Å²) in [4.78, 5) is 12.0. The van der Waals surface area contributed by atoms with Crippen molar-refractivity contribution in [1.29, 1.82) is 0 Å². The predicted molar refractivity (Wildman–Crippen MR) is 72.9 cm³/mol. The lowest BCUT2D eigenvalue weighted by molar-refractivity contribution is -0.858. The van der Waals surface area contributed by atoms with E-state index in [0.717, 1.165) is 19.4 Å². The van der Waals surface area contributed by atoms with Gasteiger partial charge in [0.15, 0.2) is 0 Å². The fourth-order valence-electron chi connectivity index (χ4n) is 1.06. The predicted octanol–water partition coefficient (Wildman–Crippen LogP) is -0.418. The summed E-state index contributed by atoms with van der Waals surface area (Å²) in [6.45, 7) is 6.59. The molecule has 0 heterocycles. The van der Waals surface area contributed by atoms with Crippen LogP contribution in [-0.2, 0) is 19.6 Å². The molecule has 0 aliphatic carbocycles. The molecule has 1 N–H and O–H groups in total. The summed E-state index contributed by atoms with van der Waals surface area (Å²) in [5, 5.41) is 0. The van der Waals surface area contributed by atoms with Gasteiger partial charge in [-0.05, 0) is 19.3 Å². The number of ether oxygens (including phenoxy) is 1. The highest BCUT2D eigenvalue weighted by molar-refractivity contribution is 7.85. The highest BCUT2D eigenvalue weighted by Crippen LogP contribution is 1.88. The Labute approximate surface area is 116 Å². The average Bonchev–Trinajstić information content (AvgIpc) is 2.27. The van der Waals surface area contributed by atoms with E-state index in [0.29, 0.717) is 13.0 Å². The summed E-state index contributed by atoms with van der Waals surface area (Å²) in [6.07, 6.45) is 3.63. The molecule has 0 fully saturated rings. The molecule has 0 aromatic rings. The van der Waals surface area contributed by atoms with Crippen molar-refractivity contribution in [3.63, 3.8) is 0 Å². The third kappa shape index (κ3) is 22.7. The van der Waals surface area contributed by atoms with Crippen molar-refractivity contribution < 1.29 is 27.4 Å². The smallest absolute Gasteiger partial charge is 0.330 e. The van der Waals surface area contributed by atoms with Crippen molar-refractivity contribution in [2.75, 3.05) is 33.0 Å². The zero-order valence-electron chi connectivity index (χ0n) is 12.0. The van der Waals surface area contributed by atoms with E-state index in [1.54, 1.807) is 6.92 Å². The molecule has 0 aliphatic heterocycles. The normalized spacial score (nSPS) is 10.6. The molecule has 19 heavy (non-hydrogen) atoms. The topological polar surface area (TPSA) is 87.9 Å². The molecule has 114 valence electrons. The van der Waals surface area contributed by atoms with Crippen LogP contribution in [0.2, 0.25) is 0 Å². The Hall–Kier alpha value is -0.920. The van der Waals surface area contributed by atoms with Gasteiger partial charge in [0, 0.05) is 11.8 Å². The lowest BCUT2D eigenvalue weighted by atomic mass is 10.3. The van der Waals surface area contributed by atoms with Crippen LogP contribution in [-0.4, -0.2) is 51.9 Å². The van der Waals surface area contributed by atoms with Crippen molar-refractivity contribution in [3.8, 4) is 0 Å². The number of quaternary nitrogens is 1. The SMILES string of the molecule is C=CC(=O)OCCCC[NH+](C)C.CCCS(=O)(=O)[O-]. The van der Waals surface area contributed by atoms with E-state index in [-0.39, 0.29) is 11.7 Å². The molecule has 0 amide bonds. The summed E-state index contributed by atoms with van der Waals surface area (Å²) in [6, 6.07) is 0. The number of carbonyl (C=O) groups is 1. The zero-order valence-corrected chi connectivity index (χ0v) is 12.8. The molecule has 0 saturated heterocycles. The quantitative estimate of drug-likeness (QED) is 0.284. The Morgan fingerprint density at radius 3 is 2.26 bits per heavy atom. The molecule has 0 unspecified atom stereocenters. The van der Waals surface area contributed by atoms with Gasteiger partial charge in [-0.2, -0.15) is 0 Å². The second-order valence-corrected chi connectivity index (χ2v) is 5.82. The van der Waals surface area contributed by atoms with Gasteiger partial charge in [0.2, 0.25) is 0 Å². The van der Waals surface area contributed by atoms with Crippen LogP contribution in [0.3, 0.4) is 0 Å². The Balaban J connectivity index is 0. The summed E-state index contributed by atoms with van der Waals surface area (Å²) < 4.78 is 33.8. The molecule has 0 bridgehead atoms. The first kappa shape index (κ1) is 20.4. The summed E-state index contributed by atoms with van der Waals surface area (Å²) in [7, 11) is 0.290. The van der Waals surface area contributed by atoms with Crippen molar-refractivity contribution in [2.45, 2.75) is 26.2 Å². The van der Waals surface area contributed by atoms with Crippen molar-refractivity contribution in [2.24, 2.45) is 0 Å². The van der Waals surface area contributed by atoms with Crippen molar-refractivity contribution in [3.05, 3.63) is 12.7 Å². The number of unbranched alkanes of at least 4 members (excludes halogenated alkanes) is 1. The van der Waals surface area contributed by atoms with Gasteiger partial charge in [-0.3, -0.25) is 0 Å². The van der Waals surface area contributed by atoms with Crippen LogP contribution in [0.1, 0.15) is 26.2 Å². The number of rotatable bonds is 8. The van der Waals surface area contributed by atoms with Crippen molar-refractivity contribution >= 4 is 16.1 Å². The van der Waals surface area contributed by atoms with E-state index in [4.69, 9.17) is 4.74 Å². The van der Waals surface area contributed by atoms with E-state index < -0.39 is 10.1 Å². The second kappa shape index (κ2) is 12.1. The first-order valence-electron chi connectivity index (χ1n) is 6.24. The molecule has 0 aliphatic rings. The molecule has 7 heteroatoms. The van der Waals surface area contributed by atoms with Crippen LogP contribution in [0.5, 0.6) is 0 Å². The molecule has 0 atom stereocenters. The Bertz CT molecular complexity index is 338. The third-order valence-corrected chi connectivity index (χ3v) is 2.84. The monoisotopic (exact) mass is 295 g/mol. The number of carbonyl (C=O) groups excluding carboxylic acids is 1. The van der Waals surface area contributed by atoms with E-state index in [1.165, 1.54) is 11.0 Å². The summed E-state index contributed by atoms with van der Waals surface area (Å²) >= 11 is 0. The molecule has 0 rings (SSSR count). The standard InChI is InChI=1S/C9H17NO2.C3H8O3S/c1-4-9(11)12-8-6-5-7-10(2)3;1-2-3-7(4,5)6/h4H,1,5-8H2,2-3H3;2-3H2,1H3,(H,4,5,6). The van der Waals surface area contributed by atoms with Gasteiger partial charge in [-0.1, -0.05) is 13.5 Å². The van der Waals surface area contributed by atoms with Crippen LogP contribution < -0.4 is 4.90 Å². The molecule has 0 spiro atoms. The molecular formula is C12H25NO5S. The summed E-state index contributed by atoms with van der Waals surface area (Å²) in [5.74, 6) is -0.570. The molecule has 0 radical (unpaired) electrons. The molecular weight excluding hydrogens is 270 g/mol. The van der Waals surface area contributed by atoms with E-state index in [2.05, 4.69) is 20.7 Å².